The van der Waals surface area contributed by atoms with Crippen molar-refractivity contribution in [1.29, 1.82) is 5.26 Å². The molecule has 0 aliphatic heterocycles. The third-order valence-electron chi connectivity index (χ3n) is 4.83. The molecule has 2 aromatic carbocycles. The highest BCUT2D eigenvalue weighted by Gasteiger charge is 2.19. The summed E-state index contributed by atoms with van der Waals surface area (Å²) in [5.74, 6) is -0.478. The van der Waals surface area contributed by atoms with E-state index >= 15 is 0 Å². The van der Waals surface area contributed by atoms with Crippen LogP contribution in [0.3, 0.4) is 0 Å². The number of fused-ring (bicyclic) bond motifs is 1. The topological polar surface area (TPSA) is 96.5 Å². The Bertz CT molecular complexity index is 1560. The molecule has 4 rings (SSSR count). The number of hydrogen-bond donors (Lipinski definition) is 1. The van der Waals surface area contributed by atoms with E-state index in [2.05, 4.69) is 26.2 Å². The number of para-hydroxylation sites is 1. The second-order valence-electron chi connectivity index (χ2n) is 7.19. The third-order valence-corrected chi connectivity index (χ3v) is 5.63. The number of carbonyl (C=O) groups excluding carboxylic acids is 1. The van der Waals surface area contributed by atoms with E-state index in [1.807, 2.05) is 19.1 Å². The highest BCUT2D eigenvalue weighted by atomic mass is 79.9. The molecule has 0 radical (unpaired) electrons. The molecule has 2 heterocycles. The van der Waals surface area contributed by atoms with Crippen molar-refractivity contribution in [3.05, 3.63) is 103 Å². The van der Waals surface area contributed by atoms with Gasteiger partial charge < -0.3 is 10.1 Å². The van der Waals surface area contributed by atoms with Crippen molar-refractivity contribution in [3.63, 3.8) is 0 Å². The fourth-order valence-electron chi connectivity index (χ4n) is 3.18. The van der Waals surface area contributed by atoms with Crippen LogP contribution >= 0.6 is 27.5 Å². The zero-order chi connectivity index (χ0) is 24.2. The predicted molar refractivity (Wildman–Crippen MR) is 134 cm³/mol. The molecular formula is C25H16BrClN4O3. The Morgan fingerprint density at radius 3 is 2.74 bits per heavy atom. The number of halogens is 2. The minimum Gasteiger partial charge on any atom is -0.437 e. The molecule has 0 spiro atoms. The molecule has 1 N–H and O–H groups in total. The standard InChI is InChI=1S/C25H16BrClN4O3/c1-15-6-5-11-31-22(15)30-24(34-21-10-3-2-9-20(21)27)19(25(31)33)12-16(14-28)23(32)29-18-8-4-7-17(26)13-18/h2-13H,1H3,(H,29,32)/b16-12-. The summed E-state index contributed by atoms with van der Waals surface area (Å²) in [5, 5.41) is 12.6. The van der Waals surface area contributed by atoms with Gasteiger partial charge in [-0.1, -0.05) is 51.8 Å². The normalized spacial score (nSPS) is 11.2. The SMILES string of the molecule is Cc1cccn2c(=O)c(/C=C(/C#N)C(=O)Nc3cccc(Br)c3)c(Oc3ccccc3Cl)nc12. The average Bonchev–Trinajstić information content (AvgIpc) is 2.81. The predicted octanol–water partition coefficient (Wildman–Crippen LogP) is 5.76. The monoisotopic (exact) mass is 534 g/mol. The van der Waals surface area contributed by atoms with Gasteiger partial charge in [0, 0.05) is 16.4 Å². The second-order valence-corrected chi connectivity index (χ2v) is 8.51. The smallest absolute Gasteiger partial charge is 0.269 e. The molecule has 0 aliphatic carbocycles. The van der Waals surface area contributed by atoms with Crippen LogP contribution in [0.5, 0.6) is 11.6 Å². The van der Waals surface area contributed by atoms with E-state index in [9.17, 15) is 14.9 Å². The van der Waals surface area contributed by atoms with Gasteiger partial charge in [-0.15, -0.1) is 0 Å². The van der Waals surface area contributed by atoms with E-state index in [0.717, 1.165) is 10.0 Å². The fraction of sp³-hybridized carbons (Fsp3) is 0.0400. The van der Waals surface area contributed by atoms with Gasteiger partial charge in [0.2, 0.25) is 5.88 Å². The molecule has 0 aliphatic rings. The Morgan fingerprint density at radius 1 is 1.21 bits per heavy atom. The number of benzene rings is 2. The van der Waals surface area contributed by atoms with Gasteiger partial charge >= 0.3 is 0 Å². The Labute approximate surface area is 208 Å². The first-order valence-corrected chi connectivity index (χ1v) is 11.2. The lowest BCUT2D eigenvalue weighted by atomic mass is 10.1. The zero-order valence-electron chi connectivity index (χ0n) is 17.8. The molecule has 0 bridgehead atoms. The van der Waals surface area contributed by atoms with E-state index in [1.54, 1.807) is 60.8 Å². The maximum atomic E-state index is 13.4. The molecule has 9 heteroatoms. The van der Waals surface area contributed by atoms with E-state index in [4.69, 9.17) is 16.3 Å². The molecule has 0 atom stereocenters. The number of aryl methyl sites for hydroxylation is 1. The molecule has 0 unspecified atom stereocenters. The van der Waals surface area contributed by atoms with Gasteiger partial charge in [0.25, 0.3) is 11.5 Å². The van der Waals surface area contributed by atoms with Gasteiger partial charge in [-0.2, -0.15) is 10.2 Å². The summed E-state index contributed by atoms with van der Waals surface area (Å²) in [4.78, 5) is 30.7. The molecule has 34 heavy (non-hydrogen) atoms. The van der Waals surface area contributed by atoms with Crippen molar-refractivity contribution < 1.29 is 9.53 Å². The van der Waals surface area contributed by atoms with Crippen molar-refractivity contribution in [2.45, 2.75) is 6.92 Å². The highest BCUT2D eigenvalue weighted by molar-refractivity contribution is 9.10. The Morgan fingerprint density at radius 2 is 2.00 bits per heavy atom. The first kappa shape index (κ1) is 23.2. The average molecular weight is 536 g/mol. The number of pyridine rings is 1. The van der Waals surface area contributed by atoms with Gasteiger partial charge in [0.05, 0.1) is 5.02 Å². The third kappa shape index (κ3) is 4.86. The molecule has 7 nitrogen and oxygen atoms in total. The molecule has 0 fully saturated rings. The van der Waals surface area contributed by atoms with Crippen molar-refractivity contribution in [2.24, 2.45) is 0 Å². The minimum atomic E-state index is -0.682. The number of carbonyl (C=O) groups is 1. The zero-order valence-corrected chi connectivity index (χ0v) is 20.1. The number of nitrogens with zero attached hydrogens (tertiary/aromatic N) is 3. The minimum absolute atomic E-state index is 0.0658. The van der Waals surface area contributed by atoms with E-state index in [0.29, 0.717) is 16.4 Å². The summed E-state index contributed by atoms with van der Waals surface area (Å²) >= 11 is 9.57. The van der Waals surface area contributed by atoms with Crippen LogP contribution in [0.2, 0.25) is 5.02 Å². The van der Waals surface area contributed by atoms with Crippen molar-refractivity contribution in [1.82, 2.24) is 9.38 Å². The first-order chi connectivity index (χ1) is 16.4. The Balaban J connectivity index is 1.85. The summed E-state index contributed by atoms with van der Waals surface area (Å²) in [6, 6.07) is 19.0. The van der Waals surface area contributed by atoms with Crippen molar-refractivity contribution in [3.8, 4) is 17.7 Å². The van der Waals surface area contributed by atoms with E-state index in [1.165, 1.54) is 10.5 Å². The molecule has 0 saturated heterocycles. The van der Waals surface area contributed by atoms with E-state index in [-0.39, 0.29) is 22.8 Å². The molecular weight excluding hydrogens is 520 g/mol. The van der Waals surface area contributed by atoms with Gasteiger partial charge in [0.1, 0.15) is 28.6 Å². The van der Waals surface area contributed by atoms with Gasteiger partial charge in [-0.25, -0.2) is 0 Å². The summed E-state index contributed by atoms with van der Waals surface area (Å²) < 4.78 is 7.99. The number of hydrogen-bond acceptors (Lipinski definition) is 5. The van der Waals surface area contributed by atoms with Crippen LogP contribution in [-0.4, -0.2) is 15.3 Å². The van der Waals surface area contributed by atoms with Crippen LogP contribution in [0.15, 0.2) is 81.7 Å². The fourth-order valence-corrected chi connectivity index (χ4v) is 3.76. The number of ether oxygens (including phenoxy) is 1. The van der Waals surface area contributed by atoms with Crippen LogP contribution in [0.4, 0.5) is 5.69 Å². The molecule has 168 valence electrons. The Kier molecular flexibility index (Phi) is 6.77. The molecule has 0 saturated carbocycles. The molecule has 4 aromatic rings. The molecule has 2 aromatic heterocycles. The Hall–Kier alpha value is -3.93. The summed E-state index contributed by atoms with van der Waals surface area (Å²) in [6.45, 7) is 1.81. The van der Waals surface area contributed by atoms with Gasteiger partial charge in [0.15, 0.2) is 0 Å². The van der Waals surface area contributed by atoms with Gasteiger partial charge in [-0.3, -0.25) is 14.0 Å². The van der Waals surface area contributed by atoms with Crippen LogP contribution in [0, 0.1) is 18.3 Å². The highest BCUT2D eigenvalue weighted by Crippen LogP contribution is 2.30. The molecule has 1 amide bonds. The largest absolute Gasteiger partial charge is 0.437 e. The lowest BCUT2D eigenvalue weighted by Crippen LogP contribution is -2.20. The van der Waals surface area contributed by atoms with Crippen molar-refractivity contribution in [2.75, 3.05) is 5.32 Å². The quantitative estimate of drug-likeness (QED) is 0.259. The van der Waals surface area contributed by atoms with Crippen LogP contribution in [-0.2, 0) is 4.79 Å². The summed E-state index contributed by atoms with van der Waals surface area (Å²) in [5.41, 5.74) is 0.742. The lowest BCUT2D eigenvalue weighted by molar-refractivity contribution is -0.112. The number of nitrogens with one attached hydrogen (secondary N) is 1. The maximum absolute atomic E-state index is 13.4. The number of rotatable bonds is 5. The number of nitriles is 1. The second kappa shape index (κ2) is 9.91. The van der Waals surface area contributed by atoms with E-state index < -0.39 is 11.5 Å². The lowest BCUT2D eigenvalue weighted by Gasteiger charge is -2.12. The summed E-state index contributed by atoms with van der Waals surface area (Å²) in [6.07, 6.45) is 2.73. The summed E-state index contributed by atoms with van der Waals surface area (Å²) in [7, 11) is 0. The number of anilines is 1. The van der Waals surface area contributed by atoms with Crippen molar-refractivity contribution >= 4 is 50.8 Å². The number of aromatic nitrogens is 2. The van der Waals surface area contributed by atoms with Gasteiger partial charge in [-0.05, 0) is 55.0 Å². The van der Waals surface area contributed by atoms with Crippen LogP contribution < -0.4 is 15.6 Å². The number of amides is 1. The van der Waals surface area contributed by atoms with Crippen LogP contribution in [0.25, 0.3) is 11.7 Å². The first-order valence-electron chi connectivity index (χ1n) is 10.0. The maximum Gasteiger partial charge on any atom is 0.269 e. The van der Waals surface area contributed by atoms with Crippen LogP contribution in [0.1, 0.15) is 11.1 Å².